The third kappa shape index (κ3) is 3.27. The molecule has 1 N–H and O–H groups in total. The molecule has 0 bridgehead atoms. The summed E-state index contributed by atoms with van der Waals surface area (Å²) in [5.41, 5.74) is 4.20. The predicted octanol–water partition coefficient (Wildman–Crippen LogP) is 4.84. The number of nitrogens with one attached hydrogen (secondary N) is 1. The van der Waals surface area contributed by atoms with Crippen molar-refractivity contribution < 1.29 is 4.74 Å². The van der Waals surface area contributed by atoms with Gasteiger partial charge in [0, 0.05) is 17.3 Å². The van der Waals surface area contributed by atoms with Crippen LogP contribution in [-0.2, 0) is 6.42 Å². The lowest BCUT2D eigenvalue weighted by atomic mass is 10.1. The van der Waals surface area contributed by atoms with Crippen molar-refractivity contribution in [2.75, 3.05) is 12.4 Å². The van der Waals surface area contributed by atoms with Crippen LogP contribution in [0.2, 0.25) is 0 Å². The number of nitrogens with zero attached hydrogens (tertiary/aromatic N) is 2. The quantitative estimate of drug-likeness (QED) is 0.738. The summed E-state index contributed by atoms with van der Waals surface area (Å²) < 4.78 is 5.37. The fraction of sp³-hybridized carbons (Fsp3) is 0.158. The smallest absolute Gasteiger partial charge is 0.145 e. The molecule has 0 aliphatic heterocycles. The lowest BCUT2D eigenvalue weighted by molar-refractivity contribution is 0.419. The SMILES string of the molecule is CCc1cccc(Nc2c(C#N)cnc3c(OC)cccc23)c1.Cl. The predicted molar refractivity (Wildman–Crippen MR) is 99.4 cm³/mol. The molecule has 0 aliphatic rings. The van der Waals surface area contributed by atoms with Crippen molar-refractivity contribution in [1.29, 1.82) is 5.26 Å². The molecule has 0 amide bonds. The number of anilines is 2. The van der Waals surface area contributed by atoms with Crippen molar-refractivity contribution >= 4 is 34.7 Å². The first-order valence-electron chi connectivity index (χ1n) is 7.48. The maximum Gasteiger partial charge on any atom is 0.145 e. The number of benzene rings is 2. The average Bonchev–Trinajstić information content (AvgIpc) is 2.61. The van der Waals surface area contributed by atoms with E-state index in [0.29, 0.717) is 11.3 Å². The van der Waals surface area contributed by atoms with E-state index in [2.05, 4.69) is 35.4 Å². The highest BCUT2D eigenvalue weighted by atomic mass is 35.5. The molecule has 4 nitrogen and oxygen atoms in total. The number of halogens is 1. The topological polar surface area (TPSA) is 57.9 Å². The summed E-state index contributed by atoms with van der Waals surface area (Å²) in [4.78, 5) is 4.37. The lowest BCUT2D eigenvalue weighted by Crippen LogP contribution is -1.98. The van der Waals surface area contributed by atoms with E-state index in [9.17, 15) is 5.26 Å². The molecular weight excluding hydrogens is 322 g/mol. The molecule has 3 rings (SSSR count). The Morgan fingerprint density at radius 2 is 2.00 bits per heavy atom. The van der Waals surface area contributed by atoms with Crippen LogP contribution in [0.4, 0.5) is 11.4 Å². The third-order valence-electron chi connectivity index (χ3n) is 3.81. The first-order chi connectivity index (χ1) is 11.3. The van der Waals surface area contributed by atoms with E-state index in [1.165, 1.54) is 5.56 Å². The van der Waals surface area contributed by atoms with Crippen LogP contribution in [0, 0.1) is 11.3 Å². The van der Waals surface area contributed by atoms with Gasteiger partial charge in [0.25, 0.3) is 0 Å². The minimum absolute atomic E-state index is 0. The standard InChI is InChI=1S/C19H17N3O.ClH/c1-3-13-6-4-7-15(10-13)22-18-14(11-20)12-21-19-16(18)8-5-9-17(19)23-2;/h4-10,12H,3H2,1-2H3,(H,21,22);1H. The van der Waals surface area contributed by atoms with Crippen LogP contribution in [0.5, 0.6) is 5.75 Å². The van der Waals surface area contributed by atoms with Crippen molar-refractivity contribution in [3.63, 3.8) is 0 Å². The van der Waals surface area contributed by atoms with Gasteiger partial charge in [0.05, 0.1) is 18.4 Å². The average molecular weight is 340 g/mol. The number of hydrogen-bond acceptors (Lipinski definition) is 4. The summed E-state index contributed by atoms with van der Waals surface area (Å²) >= 11 is 0. The van der Waals surface area contributed by atoms with Gasteiger partial charge in [0.2, 0.25) is 0 Å². The Bertz CT molecular complexity index is 903. The molecule has 0 saturated heterocycles. The Labute approximate surface area is 147 Å². The van der Waals surface area contributed by atoms with Crippen LogP contribution in [0.15, 0.2) is 48.7 Å². The molecule has 0 radical (unpaired) electrons. The Kier molecular flexibility index (Phi) is 5.62. The summed E-state index contributed by atoms with van der Waals surface area (Å²) in [6.45, 7) is 2.12. The molecule has 122 valence electrons. The van der Waals surface area contributed by atoms with E-state index in [0.717, 1.165) is 28.7 Å². The molecule has 0 fully saturated rings. The summed E-state index contributed by atoms with van der Waals surface area (Å²) in [6.07, 6.45) is 2.54. The monoisotopic (exact) mass is 339 g/mol. The number of aryl methyl sites for hydroxylation is 1. The van der Waals surface area contributed by atoms with Crippen LogP contribution < -0.4 is 10.1 Å². The molecule has 5 heteroatoms. The van der Waals surface area contributed by atoms with E-state index >= 15 is 0 Å². The van der Waals surface area contributed by atoms with Gasteiger partial charge in [-0.25, -0.2) is 0 Å². The maximum absolute atomic E-state index is 9.42. The Hall–Kier alpha value is -2.77. The largest absolute Gasteiger partial charge is 0.494 e. The van der Waals surface area contributed by atoms with Crippen LogP contribution in [-0.4, -0.2) is 12.1 Å². The second-order valence-electron chi connectivity index (χ2n) is 5.19. The summed E-state index contributed by atoms with van der Waals surface area (Å²) in [5, 5.41) is 13.7. The number of fused-ring (bicyclic) bond motifs is 1. The van der Waals surface area contributed by atoms with E-state index in [4.69, 9.17) is 4.74 Å². The van der Waals surface area contributed by atoms with Gasteiger partial charge in [0.1, 0.15) is 17.3 Å². The van der Waals surface area contributed by atoms with Crippen molar-refractivity contribution in [3.05, 3.63) is 59.8 Å². The second kappa shape index (κ2) is 7.67. The van der Waals surface area contributed by atoms with Gasteiger partial charge in [-0.2, -0.15) is 5.26 Å². The zero-order valence-electron chi connectivity index (χ0n) is 13.5. The van der Waals surface area contributed by atoms with Crippen LogP contribution in [0.25, 0.3) is 10.9 Å². The van der Waals surface area contributed by atoms with Crippen LogP contribution in [0.1, 0.15) is 18.1 Å². The van der Waals surface area contributed by atoms with Crippen LogP contribution in [0.3, 0.4) is 0 Å². The van der Waals surface area contributed by atoms with Gasteiger partial charge in [-0.05, 0) is 30.2 Å². The minimum Gasteiger partial charge on any atom is -0.494 e. The molecule has 0 unspecified atom stereocenters. The fourth-order valence-electron chi connectivity index (χ4n) is 2.59. The van der Waals surface area contributed by atoms with Crippen molar-refractivity contribution in [1.82, 2.24) is 4.98 Å². The number of methoxy groups -OCH3 is 1. The normalized spacial score (nSPS) is 9.88. The summed E-state index contributed by atoms with van der Waals surface area (Å²) in [6, 6.07) is 16.1. The van der Waals surface area contributed by atoms with Gasteiger partial charge >= 0.3 is 0 Å². The highest BCUT2D eigenvalue weighted by Gasteiger charge is 2.12. The number of nitriles is 1. The van der Waals surface area contributed by atoms with Crippen molar-refractivity contribution in [3.8, 4) is 11.8 Å². The highest BCUT2D eigenvalue weighted by Crippen LogP contribution is 2.33. The van der Waals surface area contributed by atoms with E-state index < -0.39 is 0 Å². The molecule has 1 aromatic heterocycles. The first kappa shape index (κ1) is 17.6. The Morgan fingerprint density at radius 1 is 1.21 bits per heavy atom. The lowest BCUT2D eigenvalue weighted by Gasteiger charge is -2.13. The molecular formula is C19H18ClN3O. The van der Waals surface area contributed by atoms with Crippen molar-refractivity contribution in [2.24, 2.45) is 0 Å². The van der Waals surface area contributed by atoms with E-state index in [1.54, 1.807) is 13.3 Å². The number of pyridine rings is 1. The number of hydrogen-bond donors (Lipinski definition) is 1. The number of aromatic nitrogens is 1. The van der Waals surface area contributed by atoms with Gasteiger partial charge < -0.3 is 10.1 Å². The molecule has 3 aromatic rings. The Morgan fingerprint density at radius 3 is 2.71 bits per heavy atom. The molecule has 0 saturated carbocycles. The van der Waals surface area contributed by atoms with Crippen LogP contribution >= 0.6 is 12.4 Å². The summed E-state index contributed by atoms with van der Waals surface area (Å²) in [5.74, 6) is 0.692. The first-order valence-corrected chi connectivity index (χ1v) is 7.48. The molecule has 0 aliphatic carbocycles. The molecule has 0 spiro atoms. The van der Waals surface area contributed by atoms with E-state index in [1.807, 2.05) is 30.3 Å². The van der Waals surface area contributed by atoms with Gasteiger partial charge in [-0.15, -0.1) is 12.4 Å². The second-order valence-corrected chi connectivity index (χ2v) is 5.19. The van der Waals surface area contributed by atoms with Crippen molar-refractivity contribution in [2.45, 2.75) is 13.3 Å². The van der Waals surface area contributed by atoms with Gasteiger partial charge in [0.15, 0.2) is 0 Å². The molecule has 0 atom stereocenters. The summed E-state index contributed by atoms with van der Waals surface area (Å²) in [7, 11) is 1.62. The molecule has 1 heterocycles. The van der Waals surface area contributed by atoms with Gasteiger partial charge in [-0.3, -0.25) is 4.98 Å². The van der Waals surface area contributed by atoms with E-state index in [-0.39, 0.29) is 12.4 Å². The zero-order chi connectivity index (χ0) is 16.2. The third-order valence-corrected chi connectivity index (χ3v) is 3.81. The minimum atomic E-state index is 0. The molecule has 2 aromatic carbocycles. The number of rotatable bonds is 4. The number of ether oxygens (including phenoxy) is 1. The highest BCUT2D eigenvalue weighted by molar-refractivity contribution is 5.98. The maximum atomic E-state index is 9.42. The zero-order valence-corrected chi connectivity index (χ0v) is 14.4. The Balaban J connectivity index is 0.00000208. The number of para-hydroxylation sites is 1. The fourth-order valence-corrected chi connectivity index (χ4v) is 2.59. The molecule has 24 heavy (non-hydrogen) atoms. The van der Waals surface area contributed by atoms with Gasteiger partial charge in [-0.1, -0.05) is 31.2 Å².